The molecule has 7 nitrogen and oxygen atoms in total. The van der Waals surface area contributed by atoms with E-state index in [1.54, 1.807) is 24.3 Å². The number of nitrogens with zero attached hydrogens (tertiary/aromatic N) is 2. The summed E-state index contributed by atoms with van der Waals surface area (Å²) in [4.78, 5) is 33.9. The molecule has 114 valence electrons. The highest BCUT2D eigenvalue weighted by atomic mass is 16.6. The Morgan fingerprint density at radius 1 is 1.09 bits per heavy atom. The fraction of sp³-hybridized carbons (Fsp3) is 0.0625. The molecule has 0 atom stereocenters. The van der Waals surface area contributed by atoms with Gasteiger partial charge in [-0.1, -0.05) is 24.3 Å². The van der Waals surface area contributed by atoms with Gasteiger partial charge in [-0.3, -0.25) is 19.7 Å². The molecule has 0 fully saturated rings. The van der Waals surface area contributed by atoms with Gasteiger partial charge >= 0.3 is 0 Å². The predicted molar refractivity (Wildman–Crippen MR) is 82.5 cm³/mol. The molecule has 0 radical (unpaired) electrons. The summed E-state index contributed by atoms with van der Waals surface area (Å²) in [6.07, 6.45) is 0.139. The highest BCUT2D eigenvalue weighted by molar-refractivity contribution is 6.26. The second kappa shape index (κ2) is 5.80. The Balaban J connectivity index is 1.77. The maximum atomic E-state index is 12.0. The molecule has 0 aliphatic heterocycles. The molecule has 0 saturated heterocycles. The van der Waals surface area contributed by atoms with Gasteiger partial charge in [-0.05, 0) is 12.1 Å². The zero-order chi connectivity index (χ0) is 16.4. The summed E-state index contributed by atoms with van der Waals surface area (Å²) in [6.45, 7) is 0. The lowest BCUT2D eigenvalue weighted by atomic mass is 10.1. The number of hydrazone groups is 1. The lowest BCUT2D eigenvalue weighted by Gasteiger charge is -2.02. The Morgan fingerprint density at radius 2 is 1.74 bits per heavy atom. The van der Waals surface area contributed by atoms with Crippen molar-refractivity contribution >= 4 is 23.1 Å². The maximum absolute atomic E-state index is 12.0. The Morgan fingerprint density at radius 3 is 2.39 bits per heavy atom. The highest BCUT2D eigenvalue weighted by Gasteiger charge is 2.25. The van der Waals surface area contributed by atoms with E-state index in [9.17, 15) is 19.7 Å². The number of Topliss-reactive ketones (excluding diaryl/α,β-unsaturated/α-hetero) is 1. The highest BCUT2D eigenvalue weighted by Crippen LogP contribution is 2.22. The second-order valence-electron chi connectivity index (χ2n) is 4.95. The lowest BCUT2D eigenvalue weighted by molar-refractivity contribution is -0.384. The summed E-state index contributed by atoms with van der Waals surface area (Å²) in [5.74, 6) is -0.534. The summed E-state index contributed by atoms with van der Waals surface area (Å²) >= 11 is 0. The summed E-state index contributed by atoms with van der Waals surface area (Å²) in [7, 11) is 0. The SMILES string of the molecule is O=C(NN=C1CC(=O)c2ccccc21)c1ccc([N+](=O)[O-])cc1. The Kier molecular flexibility index (Phi) is 3.68. The van der Waals surface area contributed by atoms with Crippen molar-refractivity contribution in [1.82, 2.24) is 5.43 Å². The van der Waals surface area contributed by atoms with Crippen molar-refractivity contribution in [3.63, 3.8) is 0 Å². The fourth-order valence-electron chi connectivity index (χ4n) is 2.34. The molecule has 23 heavy (non-hydrogen) atoms. The van der Waals surface area contributed by atoms with Crippen LogP contribution in [0.15, 0.2) is 53.6 Å². The first-order chi connectivity index (χ1) is 11.1. The Hall–Kier alpha value is -3.35. The summed E-state index contributed by atoms with van der Waals surface area (Å²) in [6, 6.07) is 12.3. The molecule has 1 aliphatic carbocycles. The van der Waals surface area contributed by atoms with Crippen LogP contribution in [0.4, 0.5) is 5.69 Å². The first-order valence-corrected chi connectivity index (χ1v) is 6.80. The van der Waals surface area contributed by atoms with E-state index in [0.717, 1.165) is 0 Å². The van der Waals surface area contributed by atoms with Gasteiger partial charge in [0.25, 0.3) is 11.6 Å². The van der Waals surface area contributed by atoms with Crippen molar-refractivity contribution in [3.05, 3.63) is 75.3 Å². The number of ketones is 1. The number of non-ortho nitro benzene ring substituents is 1. The van der Waals surface area contributed by atoms with Crippen molar-refractivity contribution in [2.24, 2.45) is 5.10 Å². The number of nitro benzene ring substituents is 1. The Labute approximate surface area is 130 Å². The van der Waals surface area contributed by atoms with E-state index in [1.165, 1.54) is 24.3 Å². The van der Waals surface area contributed by atoms with E-state index in [-0.39, 0.29) is 23.5 Å². The number of carbonyl (C=O) groups excluding carboxylic acids is 2. The molecule has 1 amide bonds. The fourth-order valence-corrected chi connectivity index (χ4v) is 2.34. The van der Waals surface area contributed by atoms with Gasteiger partial charge in [0.1, 0.15) is 0 Å². The van der Waals surface area contributed by atoms with Crippen LogP contribution in [0.25, 0.3) is 0 Å². The van der Waals surface area contributed by atoms with Crippen LogP contribution in [0.3, 0.4) is 0 Å². The maximum Gasteiger partial charge on any atom is 0.271 e. The zero-order valence-electron chi connectivity index (χ0n) is 11.9. The molecule has 0 saturated carbocycles. The van der Waals surface area contributed by atoms with Crippen LogP contribution < -0.4 is 5.43 Å². The number of carbonyl (C=O) groups is 2. The first-order valence-electron chi connectivity index (χ1n) is 6.80. The number of nitrogens with one attached hydrogen (secondary N) is 1. The van der Waals surface area contributed by atoms with Crippen molar-refractivity contribution in [2.75, 3.05) is 0 Å². The van der Waals surface area contributed by atoms with E-state index < -0.39 is 10.8 Å². The van der Waals surface area contributed by atoms with E-state index in [1.807, 2.05) is 0 Å². The van der Waals surface area contributed by atoms with Crippen LogP contribution in [0.2, 0.25) is 0 Å². The normalized spacial score (nSPS) is 14.6. The number of hydrogen-bond acceptors (Lipinski definition) is 5. The van der Waals surface area contributed by atoms with Gasteiger partial charge in [0.05, 0.1) is 17.1 Å². The monoisotopic (exact) mass is 309 g/mol. The number of rotatable bonds is 3. The van der Waals surface area contributed by atoms with Gasteiger partial charge in [0, 0.05) is 28.8 Å². The third-order valence-corrected chi connectivity index (χ3v) is 3.50. The lowest BCUT2D eigenvalue weighted by Crippen LogP contribution is -2.19. The first kappa shape index (κ1) is 14.6. The van der Waals surface area contributed by atoms with Gasteiger partial charge in [-0.25, -0.2) is 5.43 Å². The number of amides is 1. The Bertz CT molecular complexity index is 841. The smallest absolute Gasteiger partial charge is 0.271 e. The van der Waals surface area contributed by atoms with Crippen molar-refractivity contribution < 1.29 is 14.5 Å². The number of nitro groups is 1. The predicted octanol–water partition coefficient (Wildman–Crippen LogP) is 2.32. The average molecular weight is 309 g/mol. The molecule has 0 spiro atoms. The van der Waals surface area contributed by atoms with Crippen LogP contribution in [0, 0.1) is 10.1 Å². The minimum atomic E-state index is -0.539. The average Bonchev–Trinajstić information content (AvgIpc) is 2.89. The van der Waals surface area contributed by atoms with Gasteiger partial charge in [0.2, 0.25) is 0 Å². The second-order valence-corrected chi connectivity index (χ2v) is 4.95. The number of fused-ring (bicyclic) bond motifs is 1. The number of hydrogen-bond donors (Lipinski definition) is 1. The molecule has 0 aromatic heterocycles. The topological polar surface area (TPSA) is 102 Å². The number of benzene rings is 2. The zero-order valence-corrected chi connectivity index (χ0v) is 11.9. The minimum absolute atomic E-state index is 0.0380. The molecule has 0 bridgehead atoms. The minimum Gasteiger partial charge on any atom is -0.294 e. The molecule has 2 aromatic rings. The molecule has 0 unspecified atom stereocenters. The van der Waals surface area contributed by atoms with Gasteiger partial charge in [0.15, 0.2) is 5.78 Å². The largest absolute Gasteiger partial charge is 0.294 e. The van der Waals surface area contributed by atoms with Crippen LogP contribution in [-0.4, -0.2) is 22.3 Å². The molecule has 7 heteroatoms. The van der Waals surface area contributed by atoms with Crippen LogP contribution in [0.5, 0.6) is 0 Å². The molecule has 3 rings (SSSR count). The summed E-state index contributed by atoms with van der Waals surface area (Å²) in [5.41, 5.74) is 4.34. The van der Waals surface area contributed by atoms with E-state index in [0.29, 0.717) is 16.8 Å². The molecular weight excluding hydrogens is 298 g/mol. The van der Waals surface area contributed by atoms with Crippen LogP contribution in [0.1, 0.15) is 32.7 Å². The molecule has 0 heterocycles. The standard InChI is InChI=1S/C16H11N3O4/c20-15-9-14(12-3-1-2-4-13(12)15)17-18-16(21)10-5-7-11(8-6-10)19(22)23/h1-8H,9H2,(H,18,21). The third kappa shape index (κ3) is 2.84. The van der Waals surface area contributed by atoms with E-state index in [4.69, 9.17) is 0 Å². The molecule has 2 aromatic carbocycles. The summed E-state index contributed by atoms with van der Waals surface area (Å²) in [5, 5.41) is 14.6. The van der Waals surface area contributed by atoms with Crippen molar-refractivity contribution in [1.29, 1.82) is 0 Å². The van der Waals surface area contributed by atoms with E-state index in [2.05, 4.69) is 10.5 Å². The quantitative estimate of drug-likeness (QED) is 0.694. The van der Waals surface area contributed by atoms with Crippen molar-refractivity contribution in [2.45, 2.75) is 6.42 Å². The van der Waals surface area contributed by atoms with Gasteiger partial charge < -0.3 is 0 Å². The third-order valence-electron chi connectivity index (χ3n) is 3.50. The van der Waals surface area contributed by atoms with Crippen molar-refractivity contribution in [3.8, 4) is 0 Å². The molecule has 1 aliphatic rings. The van der Waals surface area contributed by atoms with Crippen LogP contribution in [-0.2, 0) is 0 Å². The van der Waals surface area contributed by atoms with Gasteiger partial charge in [-0.15, -0.1) is 0 Å². The van der Waals surface area contributed by atoms with Gasteiger partial charge in [-0.2, -0.15) is 5.10 Å². The van der Waals surface area contributed by atoms with E-state index >= 15 is 0 Å². The summed E-state index contributed by atoms with van der Waals surface area (Å²) < 4.78 is 0. The molecule has 1 N–H and O–H groups in total. The molecular formula is C16H11N3O4. The van der Waals surface area contributed by atoms with Crippen LogP contribution >= 0.6 is 0 Å².